The molecule has 1 aromatic carbocycles. The number of nitrogens with one attached hydrogen (secondary N) is 2. The zero-order valence-electron chi connectivity index (χ0n) is 10.3. The van der Waals surface area contributed by atoms with Gasteiger partial charge >= 0.3 is 0 Å². The van der Waals surface area contributed by atoms with Crippen LogP contribution in [0.5, 0.6) is 0 Å². The number of H-pyrrole nitrogens is 1. The molecule has 2 rings (SSSR count). The number of aromatic nitrogens is 2. The number of nitrogens with two attached hydrogens (primary N) is 1. The molecule has 0 saturated carbocycles. The molecule has 0 saturated heterocycles. The third-order valence-electron chi connectivity index (χ3n) is 2.36. The summed E-state index contributed by atoms with van der Waals surface area (Å²) in [6.07, 6.45) is 0. The van der Waals surface area contributed by atoms with Crippen molar-refractivity contribution in [2.24, 2.45) is 5.73 Å². The van der Waals surface area contributed by atoms with E-state index in [1.807, 2.05) is 0 Å². The number of hydrogen-bond acceptors (Lipinski definition) is 4. The average Bonchev–Trinajstić information content (AvgIpc) is 2.32. The van der Waals surface area contributed by atoms with E-state index in [4.69, 9.17) is 11.1 Å². The first-order valence-electron chi connectivity index (χ1n) is 5.46. The van der Waals surface area contributed by atoms with Crippen LogP contribution in [0.2, 0.25) is 0 Å². The van der Waals surface area contributed by atoms with Gasteiger partial charge in [-0.15, -0.1) is 0 Å². The van der Waals surface area contributed by atoms with Gasteiger partial charge in [0, 0.05) is 17.3 Å². The van der Waals surface area contributed by atoms with Crippen LogP contribution in [0.3, 0.4) is 0 Å². The standard InChI is InChI=1S/C12H10F2N4OS/c1-5-2-9(19)18-12(17-5)20-10-7(13)3-6(11(15)16)4-8(10)14/h2-4H,1H3,(H3,15,16)(H,17,18,19). The Morgan fingerprint density at radius 1 is 1.35 bits per heavy atom. The molecule has 5 nitrogen and oxygen atoms in total. The van der Waals surface area contributed by atoms with Crippen molar-refractivity contribution in [3.8, 4) is 0 Å². The molecule has 0 atom stereocenters. The Morgan fingerprint density at radius 2 is 1.95 bits per heavy atom. The summed E-state index contributed by atoms with van der Waals surface area (Å²) >= 11 is 0.662. The number of nitrogen functional groups attached to an aromatic ring is 1. The van der Waals surface area contributed by atoms with Crippen LogP contribution in [0.25, 0.3) is 0 Å². The van der Waals surface area contributed by atoms with E-state index in [0.29, 0.717) is 17.5 Å². The molecule has 0 unspecified atom stereocenters. The summed E-state index contributed by atoms with van der Waals surface area (Å²) in [5, 5.41) is 7.24. The quantitative estimate of drug-likeness (QED) is 0.457. The predicted molar refractivity (Wildman–Crippen MR) is 71.1 cm³/mol. The van der Waals surface area contributed by atoms with Gasteiger partial charge in [-0.1, -0.05) is 0 Å². The summed E-state index contributed by atoms with van der Waals surface area (Å²) < 4.78 is 27.7. The fourth-order valence-corrected chi connectivity index (χ4v) is 2.36. The highest BCUT2D eigenvalue weighted by Crippen LogP contribution is 2.30. The lowest BCUT2D eigenvalue weighted by atomic mass is 10.2. The number of hydrogen-bond donors (Lipinski definition) is 3. The van der Waals surface area contributed by atoms with E-state index in [2.05, 4.69) is 9.97 Å². The second-order valence-corrected chi connectivity index (χ2v) is 4.98. The van der Waals surface area contributed by atoms with Crippen molar-refractivity contribution in [3.05, 3.63) is 51.4 Å². The molecular formula is C12H10F2N4OS. The second kappa shape index (κ2) is 5.41. The van der Waals surface area contributed by atoms with Crippen molar-refractivity contribution in [1.82, 2.24) is 9.97 Å². The summed E-state index contributed by atoms with van der Waals surface area (Å²) in [4.78, 5) is 17.3. The van der Waals surface area contributed by atoms with Crippen molar-refractivity contribution in [3.63, 3.8) is 0 Å². The summed E-state index contributed by atoms with van der Waals surface area (Å²) in [5.74, 6) is -2.17. The van der Waals surface area contributed by atoms with Gasteiger partial charge in [-0.05, 0) is 30.8 Å². The Bertz CT molecular complexity index is 721. The highest BCUT2D eigenvalue weighted by Gasteiger charge is 2.15. The van der Waals surface area contributed by atoms with E-state index >= 15 is 0 Å². The van der Waals surface area contributed by atoms with E-state index in [0.717, 1.165) is 12.1 Å². The number of halogens is 2. The molecule has 1 aromatic heterocycles. The van der Waals surface area contributed by atoms with Crippen LogP contribution in [0.15, 0.2) is 33.0 Å². The van der Waals surface area contributed by atoms with Crippen LogP contribution in [0.4, 0.5) is 8.78 Å². The van der Waals surface area contributed by atoms with Gasteiger partial charge in [-0.2, -0.15) is 0 Å². The summed E-state index contributed by atoms with van der Waals surface area (Å²) in [6.45, 7) is 1.60. The maximum Gasteiger partial charge on any atom is 0.251 e. The molecule has 0 aliphatic heterocycles. The molecule has 8 heteroatoms. The molecule has 0 spiro atoms. The van der Waals surface area contributed by atoms with Crippen LogP contribution >= 0.6 is 11.8 Å². The summed E-state index contributed by atoms with van der Waals surface area (Å²) in [7, 11) is 0. The van der Waals surface area contributed by atoms with Gasteiger partial charge < -0.3 is 10.7 Å². The SMILES string of the molecule is Cc1cc(=O)[nH]c(Sc2c(F)cc(C(=N)N)cc2F)n1. The minimum atomic E-state index is -0.871. The highest BCUT2D eigenvalue weighted by atomic mass is 32.2. The van der Waals surface area contributed by atoms with Crippen molar-refractivity contribution < 1.29 is 8.78 Å². The number of rotatable bonds is 3. The van der Waals surface area contributed by atoms with E-state index in [1.54, 1.807) is 6.92 Å². The van der Waals surface area contributed by atoms with Gasteiger partial charge in [-0.3, -0.25) is 10.2 Å². The number of nitrogens with zero attached hydrogens (tertiary/aromatic N) is 1. The summed E-state index contributed by atoms with van der Waals surface area (Å²) in [5.41, 5.74) is 5.17. The zero-order chi connectivity index (χ0) is 14.9. The Hall–Kier alpha value is -2.22. The Labute approximate surface area is 116 Å². The number of aromatic amines is 1. The van der Waals surface area contributed by atoms with E-state index in [-0.39, 0.29) is 15.6 Å². The molecule has 0 aliphatic rings. The lowest BCUT2D eigenvalue weighted by molar-refractivity contribution is 0.539. The molecule has 0 fully saturated rings. The molecule has 4 N–H and O–H groups in total. The van der Waals surface area contributed by atoms with Crippen molar-refractivity contribution in [2.75, 3.05) is 0 Å². The van der Waals surface area contributed by atoms with Crippen LogP contribution in [0.1, 0.15) is 11.3 Å². The molecule has 0 radical (unpaired) electrons. The predicted octanol–water partition coefficient (Wildman–Crippen LogP) is 1.79. The van der Waals surface area contributed by atoms with Gasteiger partial charge in [-0.25, -0.2) is 13.8 Å². The van der Waals surface area contributed by atoms with Gasteiger partial charge in [0.1, 0.15) is 17.5 Å². The monoisotopic (exact) mass is 296 g/mol. The van der Waals surface area contributed by atoms with Crippen molar-refractivity contribution in [2.45, 2.75) is 17.0 Å². The molecule has 20 heavy (non-hydrogen) atoms. The largest absolute Gasteiger partial charge is 0.384 e. The maximum atomic E-state index is 13.8. The minimum absolute atomic E-state index is 0.0463. The summed E-state index contributed by atoms with van der Waals surface area (Å²) in [6, 6.07) is 3.19. The Balaban J connectivity index is 2.43. The molecule has 0 amide bonds. The topological polar surface area (TPSA) is 95.6 Å². The smallest absolute Gasteiger partial charge is 0.251 e. The second-order valence-electron chi connectivity index (χ2n) is 3.98. The van der Waals surface area contributed by atoms with Gasteiger partial charge in [0.15, 0.2) is 5.16 Å². The van der Waals surface area contributed by atoms with Crippen LogP contribution in [-0.4, -0.2) is 15.8 Å². The first-order chi connectivity index (χ1) is 9.36. The van der Waals surface area contributed by atoms with Gasteiger partial charge in [0.05, 0.1) is 4.90 Å². The highest BCUT2D eigenvalue weighted by molar-refractivity contribution is 7.99. The zero-order valence-corrected chi connectivity index (χ0v) is 11.1. The third kappa shape index (κ3) is 3.02. The molecule has 104 valence electrons. The molecule has 0 aliphatic carbocycles. The van der Waals surface area contributed by atoms with Gasteiger partial charge in [0.25, 0.3) is 5.56 Å². The van der Waals surface area contributed by atoms with Crippen molar-refractivity contribution in [1.29, 1.82) is 5.41 Å². The first kappa shape index (κ1) is 14.2. The average molecular weight is 296 g/mol. The van der Waals surface area contributed by atoms with Crippen LogP contribution < -0.4 is 11.3 Å². The minimum Gasteiger partial charge on any atom is -0.384 e. The number of amidine groups is 1. The Kier molecular flexibility index (Phi) is 3.84. The molecule has 2 aromatic rings. The maximum absolute atomic E-state index is 13.8. The lowest BCUT2D eigenvalue weighted by Gasteiger charge is -2.07. The van der Waals surface area contributed by atoms with Crippen LogP contribution in [-0.2, 0) is 0 Å². The normalized spacial score (nSPS) is 10.6. The van der Waals surface area contributed by atoms with Crippen LogP contribution in [0, 0.1) is 24.0 Å². The number of benzene rings is 1. The Morgan fingerprint density at radius 3 is 2.45 bits per heavy atom. The van der Waals surface area contributed by atoms with E-state index in [9.17, 15) is 13.6 Å². The van der Waals surface area contributed by atoms with E-state index in [1.165, 1.54) is 6.07 Å². The molecular weight excluding hydrogens is 286 g/mol. The van der Waals surface area contributed by atoms with Gasteiger partial charge in [0.2, 0.25) is 0 Å². The lowest BCUT2D eigenvalue weighted by Crippen LogP contribution is -2.12. The fourth-order valence-electron chi connectivity index (χ4n) is 1.51. The molecule has 1 heterocycles. The van der Waals surface area contributed by atoms with E-state index < -0.39 is 23.0 Å². The first-order valence-corrected chi connectivity index (χ1v) is 6.27. The molecule has 0 bridgehead atoms. The van der Waals surface area contributed by atoms with Crippen molar-refractivity contribution >= 4 is 17.6 Å². The number of aryl methyl sites for hydroxylation is 1. The fraction of sp³-hybridized carbons (Fsp3) is 0.0833. The third-order valence-corrected chi connectivity index (χ3v) is 3.34.